The monoisotopic (exact) mass is 320 g/mol. The lowest BCUT2D eigenvalue weighted by atomic mass is 9.74. The molecule has 0 fully saturated rings. The Kier molecular flexibility index (Phi) is 3.31. The van der Waals surface area contributed by atoms with Gasteiger partial charge in [-0.1, -0.05) is 40.2 Å². The van der Waals surface area contributed by atoms with Crippen LogP contribution in [0, 0.1) is 5.82 Å². The van der Waals surface area contributed by atoms with Gasteiger partial charge in [0.1, 0.15) is 11.6 Å². The van der Waals surface area contributed by atoms with E-state index in [2.05, 4.69) is 34.1 Å². The zero-order chi connectivity index (χ0) is 13.4. The first kappa shape index (κ1) is 12.7. The number of fused-ring (bicyclic) bond motifs is 1. The fraction of sp³-hybridized carbons (Fsp3) is 0.250. The summed E-state index contributed by atoms with van der Waals surface area (Å²) in [5.74, 6) is 0.882. The number of alkyl halides is 1. The lowest BCUT2D eigenvalue weighted by Crippen LogP contribution is -2.21. The minimum Gasteiger partial charge on any atom is -0.496 e. The summed E-state index contributed by atoms with van der Waals surface area (Å²) in [5.41, 5.74) is 3.60. The van der Waals surface area contributed by atoms with Crippen LogP contribution in [-0.2, 0) is 6.42 Å². The maximum Gasteiger partial charge on any atom is 0.123 e. The van der Waals surface area contributed by atoms with Gasteiger partial charge in [0, 0.05) is 11.5 Å². The first-order chi connectivity index (χ1) is 9.20. The summed E-state index contributed by atoms with van der Waals surface area (Å²) in [6.45, 7) is 0. The van der Waals surface area contributed by atoms with Gasteiger partial charge in [0.05, 0.1) is 11.9 Å². The lowest BCUT2D eigenvalue weighted by Gasteiger charge is -2.34. The van der Waals surface area contributed by atoms with E-state index in [4.69, 9.17) is 4.74 Å². The van der Waals surface area contributed by atoms with E-state index in [-0.39, 0.29) is 10.6 Å². The number of benzene rings is 2. The standard InChI is InChI=1S/C16H14BrFO/c1-19-15-7-6-11(18)9-14(15)16(17)13-8-10-4-2-3-5-12(10)13/h2-7,9,13,16H,8H2,1H3. The average Bonchev–Trinajstić information content (AvgIpc) is 2.40. The minimum absolute atomic E-state index is 0.0769. The van der Waals surface area contributed by atoms with Crippen molar-refractivity contribution >= 4 is 15.9 Å². The molecule has 1 aliphatic rings. The molecule has 3 heteroatoms. The Morgan fingerprint density at radius 2 is 2.05 bits per heavy atom. The van der Waals surface area contributed by atoms with Gasteiger partial charge in [0.2, 0.25) is 0 Å². The highest BCUT2D eigenvalue weighted by atomic mass is 79.9. The molecule has 0 aliphatic heterocycles. The Hall–Kier alpha value is -1.35. The number of methoxy groups -OCH3 is 1. The van der Waals surface area contributed by atoms with E-state index in [1.165, 1.54) is 17.2 Å². The number of rotatable bonds is 3. The molecule has 19 heavy (non-hydrogen) atoms. The molecule has 0 spiro atoms. The van der Waals surface area contributed by atoms with Crippen LogP contribution in [0.1, 0.15) is 27.4 Å². The number of ether oxygens (including phenoxy) is 1. The van der Waals surface area contributed by atoms with Crippen LogP contribution in [0.2, 0.25) is 0 Å². The maximum atomic E-state index is 13.4. The molecule has 0 radical (unpaired) electrons. The van der Waals surface area contributed by atoms with Crippen molar-refractivity contribution in [1.29, 1.82) is 0 Å². The molecule has 0 N–H and O–H groups in total. The van der Waals surface area contributed by atoms with E-state index >= 15 is 0 Å². The van der Waals surface area contributed by atoms with E-state index < -0.39 is 0 Å². The van der Waals surface area contributed by atoms with Gasteiger partial charge >= 0.3 is 0 Å². The van der Waals surface area contributed by atoms with Gasteiger partial charge in [-0.15, -0.1) is 0 Å². The summed E-state index contributed by atoms with van der Waals surface area (Å²) in [6, 6.07) is 13.1. The van der Waals surface area contributed by atoms with Crippen molar-refractivity contribution in [3.05, 3.63) is 65.0 Å². The Bertz CT molecular complexity index is 611. The van der Waals surface area contributed by atoms with Crippen LogP contribution in [-0.4, -0.2) is 7.11 Å². The number of halogens is 2. The number of hydrogen-bond donors (Lipinski definition) is 0. The van der Waals surface area contributed by atoms with Crippen LogP contribution < -0.4 is 4.74 Å². The van der Waals surface area contributed by atoms with E-state index in [1.54, 1.807) is 19.2 Å². The first-order valence-electron chi connectivity index (χ1n) is 6.26. The fourth-order valence-corrected chi connectivity index (χ4v) is 3.53. The second kappa shape index (κ2) is 4.97. The Balaban J connectivity index is 1.94. The second-order valence-electron chi connectivity index (χ2n) is 4.80. The zero-order valence-corrected chi connectivity index (χ0v) is 12.2. The van der Waals surface area contributed by atoms with Crippen LogP contribution in [0.3, 0.4) is 0 Å². The summed E-state index contributed by atoms with van der Waals surface area (Å²) in [6.07, 6.45) is 1.02. The summed E-state index contributed by atoms with van der Waals surface area (Å²) < 4.78 is 18.8. The van der Waals surface area contributed by atoms with Crippen molar-refractivity contribution in [1.82, 2.24) is 0 Å². The third-order valence-corrected chi connectivity index (χ3v) is 4.87. The summed E-state index contributed by atoms with van der Waals surface area (Å²) in [5, 5.41) is 0. The Morgan fingerprint density at radius 1 is 1.26 bits per heavy atom. The fourth-order valence-electron chi connectivity index (χ4n) is 2.70. The quantitative estimate of drug-likeness (QED) is 0.750. The highest BCUT2D eigenvalue weighted by molar-refractivity contribution is 9.09. The Labute approximate surface area is 120 Å². The molecular formula is C16H14BrFO. The summed E-state index contributed by atoms with van der Waals surface area (Å²) >= 11 is 3.71. The molecule has 2 aromatic carbocycles. The van der Waals surface area contributed by atoms with Crippen molar-refractivity contribution in [3.8, 4) is 5.75 Å². The molecule has 2 atom stereocenters. The first-order valence-corrected chi connectivity index (χ1v) is 7.17. The van der Waals surface area contributed by atoms with Crippen LogP contribution in [0.4, 0.5) is 4.39 Å². The molecular weight excluding hydrogens is 307 g/mol. The Morgan fingerprint density at radius 3 is 2.79 bits per heavy atom. The molecule has 2 unspecified atom stereocenters. The third kappa shape index (κ3) is 2.16. The van der Waals surface area contributed by atoms with Crippen molar-refractivity contribution in [2.45, 2.75) is 17.2 Å². The number of hydrogen-bond acceptors (Lipinski definition) is 1. The van der Waals surface area contributed by atoms with Gasteiger partial charge in [-0.2, -0.15) is 0 Å². The molecule has 3 rings (SSSR count). The zero-order valence-electron chi connectivity index (χ0n) is 10.6. The lowest BCUT2D eigenvalue weighted by molar-refractivity contribution is 0.405. The van der Waals surface area contributed by atoms with Crippen molar-refractivity contribution in [2.24, 2.45) is 0 Å². The van der Waals surface area contributed by atoms with Gasteiger partial charge in [0.25, 0.3) is 0 Å². The molecule has 2 aromatic rings. The highest BCUT2D eigenvalue weighted by Gasteiger charge is 2.33. The SMILES string of the molecule is COc1ccc(F)cc1C(Br)C1Cc2ccccc21. The van der Waals surface area contributed by atoms with E-state index in [0.29, 0.717) is 5.92 Å². The molecule has 1 aliphatic carbocycles. The van der Waals surface area contributed by atoms with E-state index in [9.17, 15) is 4.39 Å². The highest BCUT2D eigenvalue weighted by Crippen LogP contribution is 2.49. The van der Waals surface area contributed by atoms with Crippen LogP contribution >= 0.6 is 15.9 Å². The van der Waals surface area contributed by atoms with E-state index in [0.717, 1.165) is 17.7 Å². The smallest absolute Gasteiger partial charge is 0.123 e. The maximum absolute atomic E-state index is 13.4. The summed E-state index contributed by atoms with van der Waals surface area (Å²) in [7, 11) is 1.62. The average molecular weight is 321 g/mol. The van der Waals surface area contributed by atoms with Crippen molar-refractivity contribution < 1.29 is 9.13 Å². The predicted molar refractivity (Wildman–Crippen MR) is 77.5 cm³/mol. The largest absolute Gasteiger partial charge is 0.496 e. The molecule has 1 nitrogen and oxygen atoms in total. The van der Waals surface area contributed by atoms with Gasteiger partial charge in [0.15, 0.2) is 0 Å². The molecule has 0 saturated carbocycles. The molecule has 0 aromatic heterocycles. The molecule has 0 amide bonds. The topological polar surface area (TPSA) is 9.23 Å². The van der Waals surface area contributed by atoms with Gasteiger partial charge in [-0.05, 0) is 35.7 Å². The third-order valence-electron chi connectivity index (χ3n) is 3.74. The predicted octanol–water partition coefficient (Wildman–Crippen LogP) is 4.61. The second-order valence-corrected chi connectivity index (χ2v) is 5.78. The molecule has 0 heterocycles. The van der Waals surface area contributed by atoms with Crippen LogP contribution in [0.5, 0.6) is 5.75 Å². The normalized spacial score (nSPS) is 18.4. The molecule has 0 bridgehead atoms. The molecule has 0 saturated heterocycles. The summed E-state index contributed by atoms with van der Waals surface area (Å²) in [4.78, 5) is 0.0769. The van der Waals surface area contributed by atoms with Gasteiger partial charge < -0.3 is 4.74 Å². The van der Waals surface area contributed by atoms with E-state index in [1.807, 2.05) is 6.07 Å². The molecule has 98 valence electrons. The van der Waals surface area contributed by atoms with Crippen molar-refractivity contribution in [3.63, 3.8) is 0 Å². The van der Waals surface area contributed by atoms with Gasteiger partial charge in [-0.3, -0.25) is 0 Å². The minimum atomic E-state index is -0.229. The van der Waals surface area contributed by atoms with Crippen LogP contribution in [0.25, 0.3) is 0 Å². The van der Waals surface area contributed by atoms with Gasteiger partial charge in [-0.25, -0.2) is 4.39 Å². The van der Waals surface area contributed by atoms with Crippen LogP contribution in [0.15, 0.2) is 42.5 Å². The van der Waals surface area contributed by atoms with Crippen molar-refractivity contribution in [2.75, 3.05) is 7.11 Å².